The van der Waals surface area contributed by atoms with Crippen LogP contribution in [0.1, 0.15) is 17.2 Å². The van der Waals surface area contributed by atoms with E-state index in [1.165, 1.54) is 43.4 Å². The third kappa shape index (κ3) is 4.92. The summed E-state index contributed by atoms with van der Waals surface area (Å²) >= 11 is 6.24. The van der Waals surface area contributed by atoms with Gasteiger partial charge in [0.2, 0.25) is 0 Å². The molecule has 1 saturated heterocycles. The number of halogens is 1. The van der Waals surface area contributed by atoms with E-state index in [1.54, 1.807) is 36.4 Å². The first-order chi connectivity index (χ1) is 19.3. The SMILES string of the molecule is COc1cc(/C(O)=C2\C(=O)C(=O)N(c3ccc(Oc4ccccc4)cc3)C2c2ccc(O)cc2)c(OC)cc1Cl. The van der Waals surface area contributed by atoms with Crippen molar-refractivity contribution >= 4 is 34.7 Å². The van der Waals surface area contributed by atoms with E-state index in [9.17, 15) is 19.8 Å². The molecule has 0 saturated carbocycles. The van der Waals surface area contributed by atoms with Gasteiger partial charge in [0.05, 0.1) is 36.4 Å². The van der Waals surface area contributed by atoms with Gasteiger partial charge in [-0.2, -0.15) is 0 Å². The van der Waals surface area contributed by atoms with Crippen LogP contribution in [0.15, 0.2) is 96.6 Å². The number of anilines is 1. The van der Waals surface area contributed by atoms with Crippen LogP contribution in [0.2, 0.25) is 5.02 Å². The average molecular weight is 558 g/mol. The molecule has 2 N–H and O–H groups in total. The molecule has 0 spiro atoms. The number of methoxy groups -OCH3 is 2. The fourth-order valence-electron chi connectivity index (χ4n) is 4.56. The Morgan fingerprint density at radius 1 is 0.825 bits per heavy atom. The minimum Gasteiger partial charge on any atom is -0.508 e. The summed E-state index contributed by atoms with van der Waals surface area (Å²) in [5.41, 5.74) is 0.850. The average Bonchev–Trinajstić information content (AvgIpc) is 3.23. The lowest BCUT2D eigenvalue weighted by atomic mass is 9.94. The van der Waals surface area contributed by atoms with Gasteiger partial charge in [-0.1, -0.05) is 41.9 Å². The third-order valence-electron chi connectivity index (χ3n) is 6.48. The first-order valence-corrected chi connectivity index (χ1v) is 12.5. The van der Waals surface area contributed by atoms with Gasteiger partial charge >= 0.3 is 0 Å². The predicted octanol–water partition coefficient (Wildman–Crippen LogP) is 6.48. The number of para-hydroxylation sites is 1. The number of nitrogens with zero attached hydrogens (tertiary/aromatic N) is 1. The van der Waals surface area contributed by atoms with Crippen molar-refractivity contribution in [3.63, 3.8) is 0 Å². The molecule has 0 aromatic heterocycles. The summed E-state index contributed by atoms with van der Waals surface area (Å²) in [4.78, 5) is 28.3. The molecule has 1 fully saturated rings. The van der Waals surface area contributed by atoms with Gasteiger partial charge in [0.25, 0.3) is 11.7 Å². The molecule has 1 aliphatic rings. The molecule has 4 aromatic rings. The van der Waals surface area contributed by atoms with Crippen LogP contribution in [0.25, 0.3) is 5.76 Å². The van der Waals surface area contributed by atoms with Crippen LogP contribution in [0.5, 0.6) is 28.7 Å². The molecule has 8 nitrogen and oxygen atoms in total. The second-order valence-corrected chi connectivity index (χ2v) is 9.26. The fraction of sp³-hybridized carbons (Fsp3) is 0.0968. The van der Waals surface area contributed by atoms with E-state index in [4.69, 9.17) is 25.8 Å². The fourth-order valence-corrected chi connectivity index (χ4v) is 4.79. The standard InChI is InChI=1S/C31H24ClNO7/c1-38-25-17-24(32)26(39-2)16-23(25)29(35)27-28(18-8-12-20(34)13-9-18)33(31(37)30(27)36)19-10-14-22(15-11-19)40-21-6-4-3-5-7-21/h3-17,28,34-35H,1-2H3/b29-27+. The van der Waals surface area contributed by atoms with Crippen molar-refractivity contribution in [2.75, 3.05) is 19.1 Å². The van der Waals surface area contributed by atoms with Gasteiger partial charge in [-0.3, -0.25) is 14.5 Å². The van der Waals surface area contributed by atoms with Crippen molar-refractivity contribution < 1.29 is 34.0 Å². The number of rotatable bonds is 7. The van der Waals surface area contributed by atoms with Crippen molar-refractivity contribution in [2.24, 2.45) is 0 Å². The quantitative estimate of drug-likeness (QED) is 0.152. The maximum atomic E-state index is 13.5. The molecule has 0 aliphatic carbocycles. The summed E-state index contributed by atoms with van der Waals surface area (Å²) in [6.45, 7) is 0. The van der Waals surface area contributed by atoms with Crippen LogP contribution >= 0.6 is 11.6 Å². The Morgan fingerprint density at radius 2 is 1.45 bits per heavy atom. The Kier molecular flexibility index (Phi) is 7.35. The van der Waals surface area contributed by atoms with Crippen LogP contribution in [0.4, 0.5) is 5.69 Å². The van der Waals surface area contributed by atoms with Crippen LogP contribution in [-0.4, -0.2) is 36.1 Å². The van der Waals surface area contributed by atoms with E-state index < -0.39 is 23.5 Å². The molecule has 0 bridgehead atoms. The van der Waals surface area contributed by atoms with E-state index >= 15 is 0 Å². The number of benzene rings is 4. The Hall–Kier alpha value is -4.95. The van der Waals surface area contributed by atoms with Gasteiger partial charge in [-0.15, -0.1) is 0 Å². The molecule has 1 atom stereocenters. The number of carbonyl (C=O) groups excluding carboxylic acids is 2. The highest BCUT2D eigenvalue weighted by Crippen LogP contribution is 2.45. The highest BCUT2D eigenvalue weighted by Gasteiger charge is 2.47. The Bertz CT molecular complexity index is 1600. The molecule has 9 heteroatoms. The summed E-state index contributed by atoms with van der Waals surface area (Å²) in [6.07, 6.45) is 0. The van der Waals surface area contributed by atoms with Gasteiger partial charge in [0.1, 0.15) is 34.5 Å². The highest BCUT2D eigenvalue weighted by molar-refractivity contribution is 6.51. The molecule has 0 radical (unpaired) electrons. The van der Waals surface area contributed by atoms with Gasteiger partial charge < -0.3 is 24.4 Å². The predicted molar refractivity (Wildman–Crippen MR) is 150 cm³/mol. The number of phenols is 1. The number of amides is 1. The normalized spacial score (nSPS) is 16.2. The number of aromatic hydroxyl groups is 1. The van der Waals surface area contributed by atoms with Gasteiger partial charge in [0.15, 0.2) is 0 Å². The number of aliphatic hydroxyl groups excluding tert-OH is 1. The van der Waals surface area contributed by atoms with Crippen LogP contribution in [0, 0.1) is 0 Å². The van der Waals surface area contributed by atoms with E-state index in [2.05, 4.69) is 0 Å². The molecule has 4 aromatic carbocycles. The highest BCUT2D eigenvalue weighted by atomic mass is 35.5. The van der Waals surface area contributed by atoms with Crippen LogP contribution < -0.4 is 19.1 Å². The van der Waals surface area contributed by atoms with Crippen molar-refractivity contribution in [1.29, 1.82) is 0 Å². The van der Waals surface area contributed by atoms with Crippen molar-refractivity contribution in [3.05, 3.63) is 113 Å². The minimum absolute atomic E-state index is 0.00669. The number of ether oxygens (including phenoxy) is 3. The summed E-state index contributed by atoms with van der Waals surface area (Å²) in [5, 5.41) is 21.6. The summed E-state index contributed by atoms with van der Waals surface area (Å²) in [6, 6.07) is 23.8. The molecular formula is C31H24ClNO7. The van der Waals surface area contributed by atoms with E-state index in [0.29, 0.717) is 22.7 Å². The lowest BCUT2D eigenvalue weighted by molar-refractivity contribution is -0.132. The lowest BCUT2D eigenvalue weighted by Crippen LogP contribution is -2.29. The first kappa shape index (κ1) is 26.6. The van der Waals surface area contributed by atoms with Gasteiger partial charge in [0, 0.05) is 11.8 Å². The van der Waals surface area contributed by atoms with Gasteiger partial charge in [-0.25, -0.2) is 0 Å². The Morgan fingerprint density at radius 3 is 2.08 bits per heavy atom. The summed E-state index contributed by atoms with van der Waals surface area (Å²) in [7, 11) is 2.81. The maximum Gasteiger partial charge on any atom is 0.300 e. The van der Waals surface area contributed by atoms with E-state index in [0.717, 1.165) is 0 Å². The van der Waals surface area contributed by atoms with E-state index in [1.807, 2.05) is 30.3 Å². The molecule has 1 amide bonds. The maximum absolute atomic E-state index is 13.5. The number of hydrogen-bond donors (Lipinski definition) is 2. The zero-order chi connectivity index (χ0) is 28.4. The Labute approximate surface area is 235 Å². The topological polar surface area (TPSA) is 106 Å². The molecule has 1 heterocycles. The lowest BCUT2D eigenvalue weighted by Gasteiger charge is -2.26. The molecule has 40 heavy (non-hydrogen) atoms. The monoisotopic (exact) mass is 557 g/mol. The van der Waals surface area contributed by atoms with Crippen molar-refractivity contribution in [3.8, 4) is 28.7 Å². The number of carbonyl (C=O) groups is 2. The number of phenolic OH excluding ortho intramolecular Hbond substituents is 1. The largest absolute Gasteiger partial charge is 0.508 e. The molecule has 5 rings (SSSR count). The molecular weight excluding hydrogens is 534 g/mol. The number of ketones is 1. The minimum atomic E-state index is -1.02. The van der Waals surface area contributed by atoms with Crippen molar-refractivity contribution in [2.45, 2.75) is 6.04 Å². The van der Waals surface area contributed by atoms with Crippen molar-refractivity contribution in [1.82, 2.24) is 0 Å². The zero-order valence-electron chi connectivity index (χ0n) is 21.5. The summed E-state index contributed by atoms with van der Waals surface area (Å²) < 4.78 is 16.6. The molecule has 1 aliphatic heterocycles. The van der Waals surface area contributed by atoms with E-state index in [-0.39, 0.29) is 33.4 Å². The number of hydrogen-bond acceptors (Lipinski definition) is 7. The third-order valence-corrected chi connectivity index (χ3v) is 6.77. The zero-order valence-corrected chi connectivity index (χ0v) is 22.3. The first-order valence-electron chi connectivity index (χ1n) is 12.2. The van der Waals surface area contributed by atoms with Gasteiger partial charge in [-0.05, 0) is 60.2 Å². The number of Topliss-reactive ketones (excluding diaryl/α,β-unsaturated/α-hetero) is 1. The van der Waals surface area contributed by atoms with Crippen LogP contribution in [0.3, 0.4) is 0 Å². The summed E-state index contributed by atoms with van der Waals surface area (Å²) in [5.74, 6) is -0.581. The number of aliphatic hydroxyl groups is 1. The smallest absolute Gasteiger partial charge is 0.300 e. The molecule has 1 unspecified atom stereocenters. The molecule has 202 valence electrons. The Balaban J connectivity index is 1.63. The van der Waals surface area contributed by atoms with Crippen LogP contribution in [-0.2, 0) is 9.59 Å². The second kappa shape index (κ2) is 11.0. The second-order valence-electron chi connectivity index (χ2n) is 8.86.